The van der Waals surface area contributed by atoms with Gasteiger partial charge in [-0.15, -0.1) is 0 Å². The first-order valence-electron chi connectivity index (χ1n) is 11.2. The molecule has 0 saturated carbocycles. The number of aryl methyl sites for hydroxylation is 2. The molecule has 0 amide bonds. The van der Waals surface area contributed by atoms with E-state index in [1.54, 1.807) is 22.7 Å². The van der Waals surface area contributed by atoms with E-state index in [2.05, 4.69) is 28.8 Å². The second-order valence-corrected chi connectivity index (χ2v) is 10.6. The molecule has 0 bridgehead atoms. The van der Waals surface area contributed by atoms with E-state index < -0.39 is 10.0 Å². The largest absolute Gasteiger partial charge is 0.350 e. The normalized spacial score (nSPS) is 15.2. The Hall–Kier alpha value is -2.75. The van der Waals surface area contributed by atoms with Crippen LogP contribution in [0.2, 0.25) is 0 Å². The maximum atomic E-state index is 13.1. The van der Waals surface area contributed by atoms with Crippen LogP contribution in [0, 0.1) is 0 Å². The number of piperidine rings is 1. The Morgan fingerprint density at radius 3 is 2.70 bits per heavy atom. The maximum Gasteiger partial charge on any atom is 0.243 e. The summed E-state index contributed by atoms with van der Waals surface area (Å²) in [6, 6.07) is 13.3. The number of hydrogen-bond donors (Lipinski definition) is 2. The second kappa shape index (κ2) is 10.0. The lowest BCUT2D eigenvalue weighted by Gasteiger charge is -2.25. The van der Waals surface area contributed by atoms with Crippen LogP contribution in [0.25, 0.3) is 10.9 Å². The van der Waals surface area contributed by atoms with Gasteiger partial charge in [0, 0.05) is 48.5 Å². The van der Waals surface area contributed by atoms with Crippen LogP contribution in [0.5, 0.6) is 0 Å². The number of rotatable bonds is 6. The van der Waals surface area contributed by atoms with E-state index in [1.165, 1.54) is 5.56 Å². The van der Waals surface area contributed by atoms with Crippen molar-refractivity contribution < 1.29 is 8.42 Å². The van der Waals surface area contributed by atoms with Crippen LogP contribution in [0.1, 0.15) is 37.3 Å². The highest BCUT2D eigenvalue weighted by atomic mass is 32.2. The molecule has 1 aromatic heterocycles. The van der Waals surface area contributed by atoms with Crippen molar-refractivity contribution in [3.8, 4) is 0 Å². The number of hydrazone groups is 1. The number of benzene rings is 2. The van der Waals surface area contributed by atoms with Crippen LogP contribution in [-0.2, 0) is 23.5 Å². The third kappa shape index (κ3) is 5.26. The van der Waals surface area contributed by atoms with E-state index in [0.717, 1.165) is 47.8 Å². The molecule has 2 aromatic carbocycles. The lowest BCUT2D eigenvalue weighted by molar-refractivity contribution is 0.346. The van der Waals surface area contributed by atoms with Crippen LogP contribution in [-0.4, -0.2) is 41.7 Å². The molecule has 3 aromatic rings. The summed E-state index contributed by atoms with van der Waals surface area (Å²) < 4.78 is 29.8. The van der Waals surface area contributed by atoms with Gasteiger partial charge in [-0.3, -0.25) is 5.43 Å². The third-order valence-corrected chi connectivity index (χ3v) is 8.00. The Bertz CT molecular complexity index is 1290. The van der Waals surface area contributed by atoms with E-state index in [0.29, 0.717) is 23.1 Å². The molecule has 2 N–H and O–H groups in total. The van der Waals surface area contributed by atoms with E-state index >= 15 is 0 Å². The molecular weight excluding hydrogens is 454 g/mol. The Morgan fingerprint density at radius 2 is 1.94 bits per heavy atom. The van der Waals surface area contributed by atoms with Crippen molar-refractivity contribution in [2.24, 2.45) is 12.1 Å². The average Bonchev–Trinajstić information content (AvgIpc) is 3.14. The third-order valence-electron chi connectivity index (χ3n) is 5.91. The number of aromatic nitrogens is 1. The zero-order valence-corrected chi connectivity index (χ0v) is 20.5. The topological polar surface area (TPSA) is 78.7 Å². The quantitative estimate of drug-likeness (QED) is 0.312. The molecule has 9 heteroatoms. The van der Waals surface area contributed by atoms with Crippen LogP contribution in [0.3, 0.4) is 0 Å². The summed E-state index contributed by atoms with van der Waals surface area (Å²) in [6.07, 6.45) is 7.44. The lowest BCUT2D eigenvalue weighted by atomic mass is 10.1. The number of nitrogens with one attached hydrogen (secondary N) is 2. The highest BCUT2D eigenvalue weighted by Gasteiger charge is 2.26. The van der Waals surface area contributed by atoms with Crippen LogP contribution >= 0.6 is 12.2 Å². The van der Waals surface area contributed by atoms with Crippen LogP contribution in [0.15, 0.2) is 58.7 Å². The minimum Gasteiger partial charge on any atom is -0.350 e. The highest BCUT2D eigenvalue weighted by molar-refractivity contribution is 7.89. The molecular formula is C24H29N5O2S2. The number of anilines is 1. The molecule has 7 nitrogen and oxygen atoms in total. The highest BCUT2D eigenvalue weighted by Crippen LogP contribution is 2.26. The summed E-state index contributed by atoms with van der Waals surface area (Å²) in [5.41, 5.74) is 6.71. The number of fused-ring (bicyclic) bond motifs is 1. The minimum absolute atomic E-state index is 0.318. The minimum atomic E-state index is -3.50. The fourth-order valence-electron chi connectivity index (χ4n) is 4.11. The van der Waals surface area contributed by atoms with Crippen molar-refractivity contribution >= 4 is 50.2 Å². The van der Waals surface area contributed by atoms with Gasteiger partial charge in [0.1, 0.15) is 0 Å². The Morgan fingerprint density at radius 1 is 1.15 bits per heavy atom. The molecule has 0 unspecified atom stereocenters. The molecule has 0 spiro atoms. The molecule has 174 valence electrons. The first kappa shape index (κ1) is 23.4. The maximum absolute atomic E-state index is 13.1. The molecule has 2 heterocycles. The summed E-state index contributed by atoms with van der Waals surface area (Å²) in [4.78, 5) is 0.318. The summed E-state index contributed by atoms with van der Waals surface area (Å²) in [6.45, 7) is 3.27. The van der Waals surface area contributed by atoms with Crippen molar-refractivity contribution in [3.63, 3.8) is 0 Å². The number of hydrogen-bond acceptors (Lipinski definition) is 4. The van der Waals surface area contributed by atoms with Crippen molar-refractivity contribution in [3.05, 3.63) is 59.8 Å². The molecule has 0 atom stereocenters. The molecule has 33 heavy (non-hydrogen) atoms. The Balaban J connectivity index is 1.52. The number of nitrogens with zero attached hydrogens (tertiary/aromatic N) is 3. The summed E-state index contributed by atoms with van der Waals surface area (Å²) in [7, 11) is -1.57. The van der Waals surface area contributed by atoms with E-state index in [1.807, 2.05) is 42.1 Å². The molecule has 1 fully saturated rings. The van der Waals surface area contributed by atoms with Gasteiger partial charge < -0.3 is 9.88 Å². The van der Waals surface area contributed by atoms with Gasteiger partial charge in [-0.05, 0) is 67.4 Å². The van der Waals surface area contributed by atoms with Gasteiger partial charge in [0.25, 0.3) is 0 Å². The van der Waals surface area contributed by atoms with Gasteiger partial charge in [-0.2, -0.15) is 9.41 Å². The smallest absolute Gasteiger partial charge is 0.243 e. The molecule has 1 saturated heterocycles. The Kier molecular flexibility index (Phi) is 7.11. The van der Waals surface area contributed by atoms with E-state index in [-0.39, 0.29) is 0 Å². The van der Waals surface area contributed by atoms with Gasteiger partial charge in [-0.25, -0.2) is 8.42 Å². The van der Waals surface area contributed by atoms with E-state index in [9.17, 15) is 8.42 Å². The van der Waals surface area contributed by atoms with Gasteiger partial charge in [-0.1, -0.05) is 25.5 Å². The zero-order chi connectivity index (χ0) is 23.4. The Labute approximate surface area is 200 Å². The average molecular weight is 484 g/mol. The van der Waals surface area contributed by atoms with Gasteiger partial charge in [0.15, 0.2) is 5.11 Å². The molecule has 0 radical (unpaired) electrons. The fourth-order valence-corrected chi connectivity index (χ4v) is 5.82. The van der Waals surface area contributed by atoms with Crippen molar-refractivity contribution in [1.29, 1.82) is 0 Å². The SMILES string of the molecule is CCc1cccc(NC(=S)N/N=C\c2cn(C)c3ccc(S(=O)(=O)N4CCCCC4)cc23)c1. The van der Waals surface area contributed by atoms with Crippen LogP contribution < -0.4 is 10.7 Å². The monoisotopic (exact) mass is 483 g/mol. The number of thiocarbonyl (C=S) groups is 1. The van der Waals surface area contributed by atoms with Crippen molar-refractivity contribution in [2.75, 3.05) is 18.4 Å². The second-order valence-electron chi connectivity index (χ2n) is 8.22. The van der Waals surface area contributed by atoms with Crippen LogP contribution in [0.4, 0.5) is 5.69 Å². The number of sulfonamides is 1. The zero-order valence-electron chi connectivity index (χ0n) is 18.9. The molecule has 1 aliphatic heterocycles. The standard InChI is InChI=1S/C24H29N5O2S2/c1-3-18-8-7-9-20(14-18)26-24(32)27-25-16-19-17-28(2)23-11-10-21(15-22(19)23)33(30,31)29-12-5-4-6-13-29/h7-11,14-17H,3-6,12-13H2,1-2H3,(H2,26,27,32)/b25-16-. The summed E-state index contributed by atoms with van der Waals surface area (Å²) >= 11 is 5.35. The fraction of sp³-hybridized carbons (Fsp3) is 0.333. The lowest BCUT2D eigenvalue weighted by Crippen LogP contribution is -2.35. The first-order chi connectivity index (χ1) is 15.9. The summed E-state index contributed by atoms with van der Waals surface area (Å²) in [5, 5.41) is 8.61. The van der Waals surface area contributed by atoms with Gasteiger partial charge in [0.2, 0.25) is 10.0 Å². The first-order valence-corrected chi connectivity index (χ1v) is 13.0. The van der Waals surface area contributed by atoms with E-state index in [4.69, 9.17) is 12.2 Å². The van der Waals surface area contributed by atoms with Crippen molar-refractivity contribution in [1.82, 2.24) is 14.3 Å². The summed E-state index contributed by atoms with van der Waals surface area (Å²) in [5.74, 6) is 0. The van der Waals surface area contributed by atoms with Gasteiger partial charge in [0.05, 0.1) is 11.1 Å². The van der Waals surface area contributed by atoms with Gasteiger partial charge >= 0.3 is 0 Å². The molecule has 0 aliphatic carbocycles. The molecule has 4 rings (SSSR count). The predicted octanol–water partition coefficient (Wildman–Crippen LogP) is 4.24. The van der Waals surface area contributed by atoms with Crippen molar-refractivity contribution in [2.45, 2.75) is 37.5 Å². The molecule has 1 aliphatic rings. The predicted molar refractivity (Wildman–Crippen MR) is 138 cm³/mol.